The number of morpholine rings is 1. The first-order valence-electron chi connectivity index (χ1n) is 9.10. The van der Waals surface area contributed by atoms with Gasteiger partial charge in [-0.2, -0.15) is 0 Å². The molecule has 0 aromatic heterocycles. The normalized spacial score (nSPS) is 20.5. The maximum absolute atomic E-state index is 12.5. The van der Waals surface area contributed by atoms with Crippen LogP contribution < -0.4 is 5.32 Å². The first-order valence-corrected chi connectivity index (χ1v) is 9.10. The summed E-state index contributed by atoms with van der Waals surface area (Å²) < 4.78 is 5.46. The van der Waals surface area contributed by atoms with Crippen LogP contribution in [0.15, 0.2) is 18.2 Å². The molecule has 0 spiro atoms. The summed E-state index contributed by atoms with van der Waals surface area (Å²) in [7, 11) is 0. The number of nitro benzene ring substituents is 1. The maximum atomic E-state index is 12.5. The molecule has 142 valence electrons. The lowest BCUT2D eigenvalue weighted by atomic mass is 9.79. The van der Waals surface area contributed by atoms with Crippen molar-refractivity contribution in [3.63, 3.8) is 0 Å². The van der Waals surface area contributed by atoms with Gasteiger partial charge in [0.1, 0.15) is 0 Å². The monoisotopic (exact) mass is 363 g/mol. The van der Waals surface area contributed by atoms with Crippen molar-refractivity contribution in [2.45, 2.75) is 37.6 Å². The number of ether oxygens (including phenoxy) is 1. The Morgan fingerprint density at radius 1 is 1.27 bits per heavy atom. The molecule has 8 heteroatoms. The molecule has 26 heavy (non-hydrogen) atoms. The van der Waals surface area contributed by atoms with E-state index in [2.05, 4.69) is 10.2 Å². The van der Waals surface area contributed by atoms with Gasteiger partial charge in [0.05, 0.1) is 18.1 Å². The van der Waals surface area contributed by atoms with Crippen molar-refractivity contribution in [2.75, 3.05) is 32.8 Å². The summed E-state index contributed by atoms with van der Waals surface area (Å²) in [5.74, 6) is -0.823. The quantitative estimate of drug-likeness (QED) is 0.613. The fourth-order valence-electron chi connectivity index (χ4n) is 4.02. The second-order valence-electron chi connectivity index (χ2n) is 7.03. The van der Waals surface area contributed by atoms with Gasteiger partial charge < -0.3 is 15.2 Å². The highest BCUT2D eigenvalue weighted by molar-refractivity contribution is 5.95. The Hall–Kier alpha value is -2.19. The van der Waals surface area contributed by atoms with Gasteiger partial charge >= 0.3 is 5.69 Å². The van der Waals surface area contributed by atoms with E-state index in [1.165, 1.54) is 12.5 Å². The van der Waals surface area contributed by atoms with Crippen molar-refractivity contribution >= 4 is 11.6 Å². The van der Waals surface area contributed by atoms with Crippen LogP contribution in [-0.2, 0) is 4.74 Å². The van der Waals surface area contributed by atoms with Crippen LogP contribution in [0.1, 0.15) is 42.5 Å². The Kier molecular flexibility index (Phi) is 5.73. The third kappa shape index (κ3) is 3.96. The van der Waals surface area contributed by atoms with E-state index in [0.717, 1.165) is 50.9 Å². The van der Waals surface area contributed by atoms with E-state index in [1.54, 1.807) is 0 Å². The number of phenolic OH excluding ortho intramolecular Hbond substituents is 1. The minimum Gasteiger partial charge on any atom is -0.502 e. The zero-order chi connectivity index (χ0) is 18.6. The molecule has 1 amide bonds. The second kappa shape index (κ2) is 8.01. The average molecular weight is 363 g/mol. The minimum atomic E-state index is -0.674. The van der Waals surface area contributed by atoms with E-state index in [9.17, 15) is 20.0 Å². The molecule has 2 aliphatic rings. The molecule has 1 aliphatic heterocycles. The molecular weight excluding hydrogens is 338 g/mol. The van der Waals surface area contributed by atoms with Crippen LogP contribution in [0.25, 0.3) is 0 Å². The van der Waals surface area contributed by atoms with Crippen molar-refractivity contribution in [1.82, 2.24) is 10.2 Å². The first kappa shape index (κ1) is 18.6. The van der Waals surface area contributed by atoms with Crippen molar-refractivity contribution in [2.24, 2.45) is 0 Å². The smallest absolute Gasteiger partial charge is 0.310 e. The molecule has 0 bridgehead atoms. The Bertz CT molecular complexity index is 667. The summed E-state index contributed by atoms with van der Waals surface area (Å²) in [6.45, 7) is 3.70. The van der Waals surface area contributed by atoms with E-state index >= 15 is 0 Å². The molecule has 1 aliphatic carbocycles. The summed E-state index contributed by atoms with van der Waals surface area (Å²) in [5, 5.41) is 23.5. The summed E-state index contributed by atoms with van der Waals surface area (Å²) in [6, 6.07) is 3.67. The predicted octanol–water partition coefficient (Wildman–Crippen LogP) is 2.07. The molecule has 1 aromatic rings. The maximum Gasteiger partial charge on any atom is 0.310 e. The number of phenols is 1. The van der Waals surface area contributed by atoms with Crippen LogP contribution in [0.5, 0.6) is 5.75 Å². The molecule has 0 unspecified atom stereocenters. The topological polar surface area (TPSA) is 105 Å². The molecule has 1 saturated heterocycles. The molecule has 2 N–H and O–H groups in total. The van der Waals surface area contributed by atoms with Crippen LogP contribution >= 0.6 is 0 Å². The van der Waals surface area contributed by atoms with Crippen LogP contribution in [0, 0.1) is 10.1 Å². The second-order valence-corrected chi connectivity index (χ2v) is 7.03. The number of nitrogens with one attached hydrogen (secondary N) is 1. The van der Waals surface area contributed by atoms with Crippen molar-refractivity contribution in [1.29, 1.82) is 0 Å². The number of carbonyl (C=O) groups excluding carboxylic acids is 1. The van der Waals surface area contributed by atoms with Crippen LogP contribution in [0.3, 0.4) is 0 Å². The van der Waals surface area contributed by atoms with Crippen LogP contribution in [-0.4, -0.2) is 59.2 Å². The molecule has 0 atom stereocenters. The summed E-state index contributed by atoms with van der Waals surface area (Å²) in [6.07, 6.45) is 5.59. The zero-order valence-electron chi connectivity index (χ0n) is 14.8. The Balaban J connectivity index is 1.69. The average Bonchev–Trinajstić information content (AvgIpc) is 2.67. The summed E-state index contributed by atoms with van der Waals surface area (Å²) in [4.78, 5) is 25.1. The van der Waals surface area contributed by atoms with Crippen LogP contribution in [0.2, 0.25) is 0 Å². The Labute approximate surface area is 152 Å². The van der Waals surface area contributed by atoms with E-state index in [4.69, 9.17) is 4.74 Å². The molecule has 0 radical (unpaired) electrons. The number of carbonyl (C=O) groups is 1. The van der Waals surface area contributed by atoms with E-state index < -0.39 is 16.4 Å². The first-order chi connectivity index (χ1) is 12.5. The van der Waals surface area contributed by atoms with Gasteiger partial charge in [-0.05, 0) is 25.0 Å². The van der Waals surface area contributed by atoms with Crippen molar-refractivity contribution < 1.29 is 19.6 Å². The third-order valence-corrected chi connectivity index (χ3v) is 5.48. The van der Waals surface area contributed by atoms with Gasteiger partial charge in [0, 0.05) is 36.8 Å². The lowest BCUT2D eigenvalue weighted by molar-refractivity contribution is -0.385. The van der Waals surface area contributed by atoms with Gasteiger partial charge in [-0.15, -0.1) is 0 Å². The molecule has 8 nitrogen and oxygen atoms in total. The highest BCUT2D eigenvalue weighted by atomic mass is 16.6. The fraction of sp³-hybridized carbons (Fsp3) is 0.611. The molecular formula is C18H25N3O5. The number of hydrogen-bond donors (Lipinski definition) is 2. The van der Waals surface area contributed by atoms with Gasteiger partial charge in [0.2, 0.25) is 0 Å². The number of rotatable bonds is 5. The third-order valence-electron chi connectivity index (χ3n) is 5.48. The molecule has 1 aromatic carbocycles. The summed E-state index contributed by atoms with van der Waals surface area (Å²) >= 11 is 0. The number of nitrogens with zero attached hydrogens (tertiary/aromatic N) is 2. The number of aromatic hydroxyl groups is 1. The van der Waals surface area contributed by atoms with E-state index in [1.807, 2.05) is 0 Å². The van der Waals surface area contributed by atoms with E-state index in [-0.39, 0.29) is 17.0 Å². The predicted molar refractivity (Wildman–Crippen MR) is 95.3 cm³/mol. The number of nitro groups is 1. The highest BCUT2D eigenvalue weighted by Crippen LogP contribution is 2.34. The van der Waals surface area contributed by atoms with Gasteiger partial charge in [-0.3, -0.25) is 19.8 Å². The standard InChI is InChI=1S/C18H25N3O5/c22-16-12-14(4-5-15(16)21(24)25)17(23)19-13-18(6-2-1-3-7-18)20-8-10-26-11-9-20/h4-5,12,22H,1-3,6-11,13H2,(H,19,23). The molecule has 1 heterocycles. The zero-order valence-corrected chi connectivity index (χ0v) is 14.8. The molecule has 2 fully saturated rings. The van der Waals surface area contributed by atoms with Gasteiger partial charge in [-0.1, -0.05) is 19.3 Å². The lowest BCUT2D eigenvalue weighted by Gasteiger charge is -2.48. The van der Waals surface area contributed by atoms with Gasteiger partial charge in [-0.25, -0.2) is 0 Å². The molecule has 3 rings (SSSR count). The highest BCUT2D eigenvalue weighted by Gasteiger charge is 2.38. The number of benzene rings is 1. The SMILES string of the molecule is O=C(NCC1(N2CCOCC2)CCCCC1)c1ccc([N+](=O)[O-])c(O)c1. The van der Waals surface area contributed by atoms with Gasteiger partial charge in [0.15, 0.2) is 5.75 Å². The van der Waals surface area contributed by atoms with Crippen molar-refractivity contribution in [3.8, 4) is 5.75 Å². The Morgan fingerprint density at radius 3 is 2.58 bits per heavy atom. The molecule has 1 saturated carbocycles. The lowest BCUT2D eigenvalue weighted by Crippen LogP contribution is -2.59. The van der Waals surface area contributed by atoms with Crippen molar-refractivity contribution in [3.05, 3.63) is 33.9 Å². The fourth-order valence-corrected chi connectivity index (χ4v) is 4.02. The van der Waals surface area contributed by atoms with Crippen LogP contribution in [0.4, 0.5) is 5.69 Å². The number of hydrogen-bond acceptors (Lipinski definition) is 6. The van der Waals surface area contributed by atoms with E-state index in [0.29, 0.717) is 19.8 Å². The Morgan fingerprint density at radius 2 is 1.96 bits per heavy atom. The minimum absolute atomic E-state index is 0.0550. The number of amides is 1. The summed E-state index contributed by atoms with van der Waals surface area (Å²) in [5.41, 5.74) is -0.236. The largest absolute Gasteiger partial charge is 0.502 e. The van der Waals surface area contributed by atoms with Gasteiger partial charge in [0.25, 0.3) is 5.91 Å².